The smallest absolute Gasteiger partial charge is 0.261 e. The van der Waals surface area contributed by atoms with Gasteiger partial charge in [0.25, 0.3) is 5.91 Å². The number of carbonyl (C=O) groups excluding carboxylic acids is 1. The van der Waals surface area contributed by atoms with Gasteiger partial charge in [0.2, 0.25) is 0 Å². The highest BCUT2D eigenvalue weighted by molar-refractivity contribution is 5.78. The summed E-state index contributed by atoms with van der Waals surface area (Å²) in [6.07, 6.45) is 0.910. The van der Waals surface area contributed by atoms with Gasteiger partial charge in [-0.15, -0.1) is 0 Å². The minimum atomic E-state index is 0.0425. The fourth-order valence-electron chi connectivity index (χ4n) is 2.76. The molecule has 1 aliphatic heterocycles. The molecule has 0 saturated heterocycles. The lowest BCUT2D eigenvalue weighted by Crippen LogP contribution is -2.44. The molecule has 21 heavy (non-hydrogen) atoms. The highest BCUT2D eigenvalue weighted by Crippen LogP contribution is 2.23. The average Bonchev–Trinajstić information content (AvgIpc) is 2.53. The molecule has 0 bridgehead atoms. The van der Waals surface area contributed by atoms with Gasteiger partial charge in [0.1, 0.15) is 5.75 Å². The summed E-state index contributed by atoms with van der Waals surface area (Å²) in [6.45, 7) is 2.86. The van der Waals surface area contributed by atoms with Crippen molar-refractivity contribution in [2.45, 2.75) is 25.9 Å². The first kappa shape index (κ1) is 13.7. The molecule has 108 valence electrons. The second kappa shape index (κ2) is 6.00. The third-order valence-corrected chi connectivity index (χ3v) is 3.93. The van der Waals surface area contributed by atoms with Gasteiger partial charge in [-0.2, -0.15) is 0 Å². The van der Waals surface area contributed by atoms with Crippen molar-refractivity contribution in [3.05, 3.63) is 65.7 Å². The van der Waals surface area contributed by atoms with E-state index < -0.39 is 0 Å². The number of ether oxygens (including phenoxy) is 1. The van der Waals surface area contributed by atoms with Crippen LogP contribution in [-0.2, 0) is 17.8 Å². The number of fused-ring (bicyclic) bond motifs is 1. The van der Waals surface area contributed by atoms with Crippen molar-refractivity contribution in [3.63, 3.8) is 0 Å². The van der Waals surface area contributed by atoms with E-state index in [-0.39, 0.29) is 18.6 Å². The standard InChI is InChI=1S/C18H19NO2/c1-14-11-15-7-5-6-8-16(15)12-19(14)18(20)13-21-17-9-3-2-4-10-17/h2-10,14H,11-13H2,1H3. The summed E-state index contributed by atoms with van der Waals surface area (Å²) in [5, 5.41) is 0. The van der Waals surface area contributed by atoms with Gasteiger partial charge in [0.05, 0.1) is 0 Å². The molecule has 1 aliphatic rings. The Hall–Kier alpha value is -2.29. The second-order valence-electron chi connectivity index (χ2n) is 5.45. The van der Waals surface area contributed by atoms with Gasteiger partial charge in [-0.1, -0.05) is 42.5 Å². The average molecular weight is 281 g/mol. The summed E-state index contributed by atoms with van der Waals surface area (Å²) < 4.78 is 5.57. The van der Waals surface area contributed by atoms with Crippen molar-refractivity contribution < 1.29 is 9.53 Å². The fourth-order valence-corrected chi connectivity index (χ4v) is 2.76. The van der Waals surface area contributed by atoms with E-state index in [1.54, 1.807) is 0 Å². The lowest BCUT2D eigenvalue weighted by Gasteiger charge is -2.34. The molecule has 1 atom stereocenters. The molecule has 0 spiro atoms. The van der Waals surface area contributed by atoms with E-state index in [0.29, 0.717) is 6.54 Å². The molecule has 0 fully saturated rings. The van der Waals surface area contributed by atoms with Crippen LogP contribution in [0, 0.1) is 0 Å². The van der Waals surface area contributed by atoms with Crippen molar-refractivity contribution in [2.24, 2.45) is 0 Å². The molecule has 1 heterocycles. The summed E-state index contributed by atoms with van der Waals surface area (Å²) in [7, 11) is 0. The minimum Gasteiger partial charge on any atom is -0.484 e. The Morgan fingerprint density at radius 3 is 2.52 bits per heavy atom. The Morgan fingerprint density at radius 1 is 1.10 bits per heavy atom. The van der Waals surface area contributed by atoms with E-state index in [4.69, 9.17) is 4.74 Å². The molecular weight excluding hydrogens is 262 g/mol. The Morgan fingerprint density at radius 2 is 1.76 bits per heavy atom. The maximum Gasteiger partial charge on any atom is 0.261 e. The predicted octanol–water partition coefficient (Wildman–Crippen LogP) is 3.04. The van der Waals surface area contributed by atoms with Gasteiger partial charge in [-0.05, 0) is 36.6 Å². The van der Waals surface area contributed by atoms with Gasteiger partial charge < -0.3 is 9.64 Å². The van der Waals surface area contributed by atoms with Crippen molar-refractivity contribution in [1.29, 1.82) is 0 Å². The van der Waals surface area contributed by atoms with Crippen molar-refractivity contribution in [2.75, 3.05) is 6.61 Å². The van der Waals surface area contributed by atoms with E-state index in [1.807, 2.05) is 41.3 Å². The van der Waals surface area contributed by atoms with E-state index in [1.165, 1.54) is 11.1 Å². The molecule has 3 nitrogen and oxygen atoms in total. The van der Waals surface area contributed by atoms with Crippen LogP contribution in [0.5, 0.6) is 5.75 Å². The third kappa shape index (κ3) is 3.07. The zero-order chi connectivity index (χ0) is 14.7. The zero-order valence-corrected chi connectivity index (χ0v) is 12.2. The molecule has 0 aliphatic carbocycles. The van der Waals surface area contributed by atoms with E-state index in [9.17, 15) is 4.79 Å². The fraction of sp³-hybridized carbons (Fsp3) is 0.278. The van der Waals surface area contributed by atoms with Crippen LogP contribution in [0.3, 0.4) is 0 Å². The van der Waals surface area contributed by atoms with Crippen LogP contribution in [0.25, 0.3) is 0 Å². The van der Waals surface area contributed by atoms with E-state index in [0.717, 1.165) is 12.2 Å². The Bertz CT molecular complexity index is 624. The largest absolute Gasteiger partial charge is 0.484 e. The number of nitrogens with zero attached hydrogens (tertiary/aromatic N) is 1. The topological polar surface area (TPSA) is 29.5 Å². The summed E-state index contributed by atoms with van der Waals surface area (Å²) >= 11 is 0. The maximum absolute atomic E-state index is 12.4. The zero-order valence-electron chi connectivity index (χ0n) is 12.2. The summed E-state index contributed by atoms with van der Waals surface area (Å²) in [5.41, 5.74) is 2.58. The normalized spacial score (nSPS) is 17.2. The molecule has 0 N–H and O–H groups in total. The molecule has 2 aromatic carbocycles. The van der Waals surface area contributed by atoms with Crippen LogP contribution in [0.2, 0.25) is 0 Å². The van der Waals surface area contributed by atoms with Crippen LogP contribution in [0.15, 0.2) is 54.6 Å². The van der Waals surface area contributed by atoms with Crippen LogP contribution in [0.1, 0.15) is 18.1 Å². The SMILES string of the molecule is CC1Cc2ccccc2CN1C(=O)COc1ccccc1. The quantitative estimate of drug-likeness (QED) is 0.865. The van der Waals surface area contributed by atoms with Crippen molar-refractivity contribution >= 4 is 5.91 Å². The molecule has 1 amide bonds. The molecule has 3 rings (SSSR count). The van der Waals surface area contributed by atoms with Crippen LogP contribution >= 0.6 is 0 Å². The van der Waals surface area contributed by atoms with Crippen LogP contribution < -0.4 is 4.74 Å². The molecule has 2 aromatic rings. The number of rotatable bonds is 3. The lowest BCUT2D eigenvalue weighted by molar-refractivity contribution is -0.136. The van der Waals surface area contributed by atoms with Gasteiger partial charge in [-0.25, -0.2) is 0 Å². The molecule has 1 unspecified atom stereocenters. The van der Waals surface area contributed by atoms with Crippen LogP contribution in [-0.4, -0.2) is 23.5 Å². The van der Waals surface area contributed by atoms with Gasteiger partial charge >= 0.3 is 0 Å². The minimum absolute atomic E-state index is 0.0425. The number of hydrogen-bond donors (Lipinski definition) is 0. The molecule has 0 radical (unpaired) electrons. The number of hydrogen-bond acceptors (Lipinski definition) is 2. The number of benzene rings is 2. The predicted molar refractivity (Wildman–Crippen MR) is 82.1 cm³/mol. The highest BCUT2D eigenvalue weighted by atomic mass is 16.5. The van der Waals surface area contributed by atoms with Crippen LogP contribution in [0.4, 0.5) is 0 Å². The van der Waals surface area contributed by atoms with Gasteiger partial charge in [0.15, 0.2) is 6.61 Å². The summed E-state index contributed by atoms with van der Waals surface area (Å²) in [5.74, 6) is 0.775. The number of para-hydroxylation sites is 1. The summed E-state index contributed by atoms with van der Waals surface area (Å²) in [4.78, 5) is 14.3. The number of amides is 1. The molecule has 0 aromatic heterocycles. The first-order valence-corrected chi connectivity index (χ1v) is 7.28. The van der Waals surface area contributed by atoms with Crippen molar-refractivity contribution in [1.82, 2.24) is 4.90 Å². The first-order chi connectivity index (χ1) is 10.2. The van der Waals surface area contributed by atoms with E-state index in [2.05, 4.69) is 25.1 Å². The summed E-state index contributed by atoms with van der Waals surface area (Å²) in [6, 6.07) is 18.0. The molecular formula is C18H19NO2. The molecule has 0 saturated carbocycles. The Balaban J connectivity index is 1.65. The monoisotopic (exact) mass is 281 g/mol. The van der Waals surface area contributed by atoms with E-state index >= 15 is 0 Å². The maximum atomic E-state index is 12.4. The van der Waals surface area contributed by atoms with Gasteiger partial charge in [-0.3, -0.25) is 4.79 Å². The van der Waals surface area contributed by atoms with Gasteiger partial charge in [0, 0.05) is 12.6 Å². The number of carbonyl (C=O) groups is 1. The Kier molecular flexibility index (Phi) is 3.91. The third-order valence-electron chi connectivity index (χ3n) is 3.93. The van der Waals surface area contributed by atoms with Crippen molar-refractivity contribution in [3.8, 4) is 5.75 Å². The lowest BCUT2D eigenvalue weighted by atomic mass is 9.95. The first-order valence-electron chi connectivity index (χ1n) is 7.28. The second-order valence-corrected chi connectivity index (χ2v) is 5.45. The Labute approximate surface area is 125 Å². The highest BCUT2D eigenvalue weighted by Gasteiger charge is 2.26. The molecule has 3 heteroatoms.